The molecule has 2 aliphatic carbocycles. The molecule has 21 heavy (non-hydrogen) atoms. The van der Waals surface area contributed by atoms with Crippen molar-refractivity contribution >= 4 is 0 Å². The summed E-state index contributed by atoms with van der Waals surface area (Å²) < 4.78 is 77.2. The molecule has 5 unspecified atom stereocenters. The van der Waals surface area contributed by atoms with Gasteiger partial charge in [0.1, 0.15) is 0 Å². The molecule has 0 spiro atoms. The lowest BCUT2D eigenvalue weighted by atomic mass is 9.62. The van der Waals surface area contributed by atoms with Crippen molar-refractivity contribution in [1.82, 2.24) is 0 Å². The van der Waals surface area contributed by atoms with Gasteiger partial charge in [-0.2, -0.15) is 26.3 Å². The fourth-order valence-electron chi connectivity index (χ4n) is 4.64. The predicted octanol–water partition coefficient (Wildman–Crippen LogP) is 4.55. The molecule has 2 bridgehead atoms. The van der Waals surface area contributed by atoms with Crippen LogP contribution >= 0.6 is 0 Å². The number of rotatable bonds is 2. The molecule has 0 radical (unpaired) electrons. The number of alkyl halides is 6. The molecule has 0 aromatic heterocycles. The zero-order valence-corrected chi connectivity index (χ0v) is 12.1. The van der Waals surface area contributed by atoms with Crippen molar-refractivity contribution in [2.45, 2.75) is 58.0 Å². The minimum atomic E-state index is -5.72. The summed E-state index contributed by atoms with van der Waals surface area (Å²) in [5.41, 5.74) is -5.75. The number of hydrogen-bond acceptors (Lipinski definition) is 1. The summed E-state index contributed by atoms with van der Waals surface area (Å²) in [6.07, 6.45) is -11.8. The van der Waals surface area contributed by atoms with Gasteiger partial charge in [0.05, 0.1) is 0 Å². The van der Waals surface area contributed by atoms with Crippen molar-refractivity contribution in [3.8, 4) is 0 Å². The molecule has 7 heteroatoms. The van der Waals surface area contributed by atoms with E-state index in [1.165, 1.54) is 6.92 Å². The molecule has 1 N–H and O–H groups in total. The van der Waals surface area contributed by atoms with Crippen LogP contribution in [0.1, 0.15) is 40.0 Å². The molecule has 1 nitrogen and oxygen atoms in total. The SMILES string of the molecule is CC1C2CC(C1C)C(C)(CC(O)(C(F)(F)F)C(F)(F)F)C2. The van der Waals surface area contributed by atoms with Gasteiger partial charge in [-0.15, -0.1) is 0 Å². The van der Waals surface area contributed by atoms with E-state index < -0.39 is 29.8 Å². The quantitative estimate of drug-likeness (QED) is 0.741. The third-order valence-corrected chi connectivity index (χ3v) is 5.99. The Balaban J connectivity index is 2.31. The van der Waals surface area contributed by atoms with E-state index in [-0.39, 0.29) is 17.8 Å². The third kappa shape index (κ3) is 2.35. The van der Waals surface area contributed by atoms with Gasteiger partial charge in [0.25, 0.3) is 5.60 Å². The van der Waals surface area contributed by atoms with Crippen LogP contribution < -0.4 is 0 Å². The van der Waals surface area contributed by atoms with E-state index in [1.807, 2.05) is 13.8 Å². The van der Waals surface area contributed by atoms with E-state index in [1.54, 1.807) is 0 Å². The second kappa shape index (κ2) is 4.52. The van der Waals surface area contributed by atoms with E-state index in [4.69, 9.17) is 0 Å². The van der Waals surface area contributed by atoms with Crippen LogP contribution in [-0.4, -0.2) is 23.1 Å². The van der Waals surface area contributed by atoms with Crippen LogP contribution in [0.5, 0.6) is 0 Å². The van der Waals surface area contributed by atoms with Gasteiger partial charge >= 0.3 is 12.4 Å². The largest absolute Gasteiger partial charge is 0.426 e. The van der Waals surface area contributed by atoms with Crippen molar-refractivity contribution in [2.24, 2.45) is 29.1 Å². The average molecular weight is 318 g/mol. The Labute approximate surface area is 119 Å². The smallest absolute Gasteiger partial charge is 0.374 e. The Hall–Kier alpha value is -0.460. The van der Waals surface area contributed by atoms with E-state index in [2.05, 4.69) is 0 Å². The number of hydrogen-bond donors (Lipinski definition) is 1. The third-order valence-electron chi connectivity index (χ3n) is 5.99. The molecule has 0 heterocycles. The zero-order chi connectivity index (χ0) is 16.4. The first-order chi connectivity index (χ1) is 9.23. The Bertz CT molecular complexity index is 399. The maximum atomic E-state index is 12.9. The van der Waals surface area contributed by atoms with E-state index in [0.29, 0.717) is 18.8 Å². The van der Waals surface area contributed by atoms with Crippen molar-refractivity contribution in [1.29, 1.82) is 0 Å². The van der Waals surface area contributed by atoms with Crippen LogP contribution in [0.25, 0.3) is 0 Å². The maximum absolute atomic E-state index is 12.9. The molecule has 124 valence electrons. The first-order valence-electron chi connectivity index (χ1n) is 7.09. The van der Waals surface area contributed by atoms with Crippen LogP contribution in [0, 0.1) is 29.1 Å². The fraction of sp³-hybridized carbons (Fsp3) is 1.00. The van der Waals surface area contributed by atoms with Crippen LogP contribution in [0.4, 0.5) is 26.3 Å². The van der Waals surface area contributed by atoms with Gasteiger partial charge in [0.15, 0.2) is 0 Å². The minimum absolute atomic E-state index is 0.0828. The first kappa shape index (κ1) is 16.9. The van der Waals surface area contributed by atoms with Crippen LogP contribution in [0.3, 0.4) is 0 Å². The zero-order valence-electron chi connectivity index (χ0n) is 12.1. The van der Waals surface area contributed by atoms with Gasteiger partial charge in [-0.05, 0) is 48.3 Å². The van der Waals surface area contributed by atoms with Gasteiger partial charge in [0, 0.05) is 0 Å². The van der Waals surface area contributed by atoms with Gasteiger partial charge in [-0.1, -0.05) is 20.8 Å². The lowest BCUT2D eigenvalue weighted by molar-refractivity contribution is -0.377. The molecule has 0 aliphatic heterocycles. The van der Waals surface area contributed by atoms with Crippen molar-refractivity contribution in [3.05, 3.63) is 0 Å². The number of fused-ring (bicyclic) bond motifs is 2. The van der Waals surface area contributed by atoms with Crippen molar-refractivity contribution in [3.63, 3.8) is 0 Å². The summed E-state index contributed by atoms with van der Waals surface area (Å²) in [5.74, 6) is 0.349. The monoisotopic (exact) mass is 318 g/mol. The molecular formula is C14H20F6O. The molecule has 0 aromatic carbocycles. The topological polar surface area (TPSA) is 20.2 Å². The molecule has 0 amide bonds. The first-order valence-corrected chi connectivity index (χ1v) is 7.09. The van der Waals surface area contributed by atoms with Gasteiger partial charge in [-0.25, -0.2) is 0 Å². The van der Waals surface area contributed by atoms with Crippen LogP contribution in [-0.2, 0) is 0 Å². The summed E-state index contributed by atoms with van der Waals surface area (Å²) >= 11 is 0. The van der Waals surface area contributed by atoms with Gasteiger partial charge in [-0.3, -0.25) is 0 Å². The summed E-state index contributed by atoms with van der Waals surface area (Å²) in [7, 11) is 0. The Morgan fingerprint density at radius 2 is 1.48 bits per heavy atom. The Kier molecular flexibility index (Phi) is 3.64. The molecule has 2 saturated carbocycles. The number of aliphatic hydroxyl groups is 1. The van der Waals surface area contributed by atoms with Crippen molar-refractivity contribution < 1.29 is 31.4 Å². The van der Waals surface area contributed by atoms with Gasteiger partial charge < -0.3 is 5.11 Å². The molecule has 0 saturated heterocycles. The lowest BCUT2D eigenvalue weighted by Gasteiger charge is -2.45. The molecule has 5 atom stereocenters. The van der Waals surface area contributed by atoms with Crippen LogP contribution in [0.15, 0.2) is 0 Å². The summed E-state index contributed by atoms with van der Waals surface area (Å²) in [4.78, 5) is 0. The molecule has 0 aromatic rings. The second-order valence-corrected chi connectivity index (χ2v) is 7.21. The van der Waals surface area contributed by atoms with E-state index in [9.17, 15) is 31.4 Å². The highest BCUT2D eigenvalue weighted by Gasteiger charge is 2.73. The minimum Gasteiger partial charge on any atom is -0.374 e. The van der Waals surface area contributed by atoms with Crippen molar-refractivity contribution in [2.75, 3.05) is 0 Å². The second-order valence-electron chi connectivity index (χ2n) is 7.21. The maximum Gasteiger partial charge on any atom is 0.426 e. The molecule has 2 aliphatic rings. The Morgan fingerprint density at radius 3 is 1.81 bits per heavy atom. The predicted molar refractivity (Wildman–Crippen MR) is 64.3 cm³/mol. The summed E-state index contributed by atoms with van der Waals surface area (Å²) in [6, 6.07) is 0. The highest BCUT2D eigenvalue weighted by molar-refractivity contribution is 5.08. The van der Waals surface area contributed by atoms with Crippen LogP contribution in [0.2, 0.25) is 0 Å². The highest BCUT2D eigenvalue weighted by atomic mass is 19.4. The average Bonchev–Trinajstić information content (AvgIpc) is 2.73. The summed E-state index contributed by atoms with van der Waals surface area (Å²) in [5, 5.41) is 9.44. The van der Waals surface area contributed by atoms with E-state index >= 15 is 0 Å². The normalized spacial score (nSPS) is 40.9. The molecular weight excluding hydrogens is 298 g/mol. The fourth-order valence-corrected chi connectivity index (χ4v) is 4.64. The molecule has 2 rings (SSSR count). The highest BCUT2D eigenvalue weighted by Crippen LogP contribution is 2.65. The Morgan fingerprint density at radius 1 is 1.00 bits per heavy atom. The van der Waals surface area contributed by atoms with Gasteiger partial charge in [0.2, 0.25) is 0 Å². The lowest BCUT2D eigenvalue weighted by Crippen LogP contribution is -2.59. The molecule has 2 fully saturated rings. The summed E-state index contributed by atoms with van der Waals surface area (Å²) in [6.45, 7) is 5.34. The number of halogens is 6. The van der Waals surface area contributed by atoms with E-state index in [0.717, 1.165) is 0 Å². The standard InChI is InChI=1S/C14H20F6O/c1-7-8(2)10-4-9(7)5-11(10,3)6-12(21,13(15,16)17)14(18,19)20/h7-10,21H,4-6H2,1-3H3.